The Bertz CT molecular complexity index is 635. The Hall–Kier alpha value is -2.30. The number of aliphatic carboxylic acids is 1. The fraction of sp³-hybridized carbons (Fsp3) is 0.231. The Balaban J connectivity index is 2.50. The summed E-state index contributed by atoms with van der Waals surface area (Å²) in [4.78, 5) is 22.6. The third-order valence-corrected chi connectivity index (χ3v) is 2.81. The number of carbonyl (C=O) groups is 1. The maximum atomic E-state index is 12.1. The van der Waals surface area contributed by atoms with Crippen LogP contribution in [0.5, 0.6) is 0 Å². The van der Waals surface area contributed by atoms with E-state index in [2.05, 4.69) is 5.10 Å². The van der Waals surface area contributed by atoms with Gasteiger partial charge in [-0.15, -0.1) is 0 Å². The quantitative estimate of drug-likeness (QED) is 0.831. The van der Waals surface area contributed by atoms with E-state index in [9.17, 15) is 14.7 Å². The standard InChI is InChI=1S/C13H14N2O3/c1-8-3-5-10(6-4-8)15-13(18)11(7-12(16)17)9(2)14-15/h3-6,14H,7H2,1-2H3,(H,16,17)/p-1. The summed E-state index contributed by atoms with van der Waals surface area (Å²) in [5.41, 5.74) is 2.20. The molecule has 94 valence electrons. The number of aryl methyl sites for hydroxylation is 2. The minimum Gasteiger partial charge on any atom is -0.550 e. The lowest BCUT2D eigenvalue weighted by atomic mass is 10.2. The van der Waals surface area contributed by atoms with Gasteiger partial charge in [-0.1, -0.05) is 17.7 Å². The molecule has 0 radical (unpaired) electrons. The van der Waals surface area contributed by atoms with Crippen molar-refractivity contribution in [3.63, 3.8) is 0 Å². The molecule has 0 atom stereocenters. The second kappa shape index (κ2) is 4.52. The average molecular weight is 245 g/mol. The fourth-order valence-electron chi connectivity index (χ4n) is 1.81. The Morgan fingerprint density at radius 3 is 2.44 bits per heavy atom. The van der Waals surface area contributed by atoms with E-state index < -0.39 is 5.97 Å². The average Bonchev–Trinajstić information content (AvgIpc) is 2.58. The van der Waals surface area contributed by atoms with Crippen LogP contribution >= 0.6 is 0 Å². The highest BCUT2D eigenvalue weighted by Crippen LogP contribution is 2.09. The molecular weight excluding hydrogens is 232 g/mol. The summed E-state index contributed by atoms with van der Waals surface area (Å²) >= 11 is 0. The molecule has 1 aromatic carbocycles. The van der Waals surface area contributed by atoms with Crippen LogP contribution in [0.4, 0.5) is 0 Å². The molecule has 0 aliphatic rings. The lowest BCUT2D eigenvalue weighted by molar-refractivity contribution is -0.304. The summed E-state index contributed by atoms with van der Waals surface area (Å²) in [6, 6.07) is 7.37. The largest absolute Gasteiger partial charge is 0.550 e. The van der Waals surface area contributed by atoms with E-state index in [1.807, 2.05) is 19.1 Å². The molecule has 1 heterocycles. The first-order chi connectivity index (χ1) is 8.49. The van der Waals surface area contributed by atoms with Crippen molar-refractivity contribution in [3.05, 3.63) is 51.4 Å². The molecule has 0 aliphatic carbocycles. The van der Waals surface area contributed by atoms with Crippen LogP contribution in [0.2, 0.25) is 0 Å². The van der Waals surface area contributed by atoms with Crippen molar-refractivity contribution >= 4 is 5.97 Å². The SMILES string of the molecule is Cc1ccc(-n2[nH]c(C)c(CC(=O)[O-])c2=O)cc1. The van der Waals surface area contributed by atoms with Crippen LogP contribution in [0, 0.1) is 13.8 Å². The van der Waals surface area contributed by atoms with Crippen molar-refractivity contribution in [3.8, 4) is 5.69 Å². The molecule has 0 amide bonds. The molecule has 0 fully saturated rings. The van der Waals surface area contributed by atoms with E-state index >= 15 is 0 Å². The number of benzene rings is 1. The maximum absolute atomic E-state index is 12.1. The number of aromatic amines is 1. The highest BCUT2D eigenvalue weighted by molar-refractivity contribution is 5.68. The van der Waals surface area contributed by atoms with Gasteiger partial charge < -0.3 is 9.90 Å². The van der Waals surface area contributed by atoms with Crippen molar-refractivity contribution < 1.29 is 9.90 Å². The summed E-state index contributed by atoms with van der Waals surface area (Å²) in [5, 5.41) is 13.5. The maximum Gasteiger partial charge on any atom is 0.275 e. The lowest BCUT2D eigenvalue weighted by Crippen LogP contribution is -2.28. The van der Waals surface area contributed by atoms with E-state index in [4.69, 9.17) is 0 Å². The van der Waals surface area contributed by atoms with Crippen molar-refractivity contribution in [2.75, 3.05) is 0 Å². The normalized spacial score (nSPS) is 10.6. The third kappa shape index (κ3) is 2.20. The van der Waals surface area contributed by atoms with E-state index in [0.29, 0.717) is 11.4 Å². The highest BCUT2D eigenvalue weighted by Gasteiger charge is 2.12. The zero-order valence-electron chi connectivity index (χ0n) is 10.2. The molecule has 2 rings (SSSR count). The van der Waals surface area contributed by atoms with Gasteiger partial charge in [-0.3, -0.25) is 9.89 Å². The number of carboxylic acids is 1. The summed E-state index contributed by atoms with van der Waals surface area (Å²) < 4.78 is 1.34. The Kier molecular flexibility index (Phi) is 3.06. The summed E-state index contributed by atoms with van der Waals surface area (Å²) in [5.74, 6) is -1.26. The molecule has 1 aromatic heterocycles. The van der Waals surface area contributed by atoms with Gasteiger partial charge in [-0.05, 0) is 26.0 Å². The van der Waals surface area contributed by atoms with Crippen LogP contribution in [0.15, 0.2) is 29.1 Å². The predicted molar refractivity (Wildman–Crippen MR) is 64.6 cm³/mol. The van der Waals surface area contributed by atoms with Crippen LogP contribution in [0.1, 0.15) is 16.8 Å². The first kappa shape index (κ1) is 12.2. The molecule has 2 aromatic rings. The minimum absolute atomic E-state index is 0.232. The molecular formula is C13H13N2O3-. The fourth-order valence-corrected chi connectivity index (χ4v) is 1.81. The number of hydrogen-bond acceptors (Lipinski definition) is 3. The zero-order valence-corrected chi connectivity index (χ0v) is 10.2. The zero-order chi connectivity index (χ0) is 13.3. The number of hydrogen-bond donors (Lipinski definition) is 1. The smallest absolute Gasteiger partial charge is 0.275 e. The van der Waals surface area contributed by atoms with Crippen molar-refractivity contribution in [2.24, 2.45) is 0 Å². The molecule has 1 N–H and O–H groups in total. The van der Waals surface area contributed by atoms with Gasteiger partial charge in [0.2, 0.25) is 0 Å². The molecule has 0 saturated heterocycles. The first-order valence-corrected chi connectivity index (χ1v) is 5.56. The van der Waals surface area contributed by atoms with Crippen LogP contribution in [0.25, 0.3) is 5.69 Å². The van der Waals surface area contributed by atoms with Crippen molar-refractivity contribution in [1.82, 2.24) is 9.78 Å². The van der Waals surface area contributed by atoms with Crippen molar-refractivity contribution in [1.29, 1.82) is 0 Å². The van der Waals surface area contributed by atoms with Crippen molar-refractivity contribution in [2.45, 2.75) is 20.3 Å². The van der Waals surface area contributed by atoms with E-state index in [1.54, 1.807) is 19.1 Å². The van der Waals surface area contributed by atoms with Gasteiger partial charge in [-0.2, -0.15) is 0 Å². The predicted octanol–water partition coefficient (Wildman–Crippen LogP) is 0.0748. The molecule has 5 heteroatoms. The first-order valence-electron chi connectivity index (χ1n) is 5.56. The molecule has 18 heavy (non-hydrogen) atoms. The lowest BCUT2D eigenvalue weighted by Gasteiger charge is -2.01. The van der Waals surface area contributed by atoms with Crippen LogP contribution in [-0.2, 0) is 11.2 Å². The van der Waals surface area contributed by atoms with Crippen LogP contribution in [-0.4, -0.2) is 15.7 Å². The van der Waals surface area contributed by atoms with Crippen LogP contribution in [0.3, 0.4) is 0 Å². The Morgan fingerprint density at radius 2 is 1.89 bits per heavy atom. The van der Waals surface area contributed by atoms with Gasteiger partial charge in [0.1, 0.15) is 0 Å². The third-order valence-electron chi connectivity index (χ3n) is 2.81. The van der Waals surface area contributed by atoms with E-state index in [0.717, 1.165) is 5.56 Å². The number of rotatable bonds is 3. The van der Waals surface area contributed by atoms with Gasteiger partial charge in [0.05, 0.1) is 5.69 Å². The van der Waals surface area contributed by atoms with Gasteiger partial charge >= 0.3 is 0 Å². The summed E-state index contributed by atoms with van der Waals surface area (Å²) in [6.45, 7) is 3.62. The van der Waals surface area contributed by atoms with E-state index in [1.165, 1.54) is 4.68 Å². The number of carboxylic acid groups (broad SMARTS) is 1. The van der Waals surface area contributed by atoms with Gasteiger partial charge in [0.25, 0.3) is 5.56 Å². The number of nitrogens with one attached hydrogen (secondary N) is 1. The summed E-state index contributed by atoms with van der Waals surface area (Å²) in [7, 11) is 0. The molecule has 0 bridgehead atoms. The number of aromatic nitrogens is 2. The van der Waals surface area contributed by atoms with E-state index in [-0.39, 0.29) is 17.5 Å². The second-order valence-electron chi connectivity index (χ2n) is 4.24. The highest BCUT2D eigenvalue weighted by atomic mass is 16.4. The monoisotopic (exact) mass is 245 g/mol. The van der Waals surface area contributed by atoms with Gasteiger partial charge in [0.15, 0.2) is 0 Å². The summed E-state index contributed by atoms with van der Waals surface area (Å²) in [6.07, 6.45) is -0.375. The second-order valence-corrected chi connectivity index (χ2v) is 4.24. The molecule has 0 spiro atoms. The minimum atomic E-state index is -1.26. The van der Waals surface area contributed by atoms with Gasteiger partial charge in [0, 0.05) is 23.6 Å². The Labute approximate surface area is 104 Å². The molecule has 0 saturated carbocycles. The molecule has 0 unspecified atom stereocenters. The number of nitrogens with zero attached hydrogens (tertiary/aromatic N) is 1. The van der Waals surface area contributed by atoms with Gasteiger partial charge in [-0.25, -0.2) is 4.68 Å². The number of carbonyl (C=O) groups excluding carboxylic acids is 1. The molecule has 0 aliphatic heterocycles. The number of H-pyrrole nitrogens is 1. The topological polar surface area (TPSA) is 77.9 Å². The molecule has 5 nitrogen and oxygen atoms in total. The van der Waals surface area contributed by atoms with Crippen LogP contribution < -0.4 is 10.7 Å². The Morgan fingerprint density at radius 1 is 1.28 bits per heavy atom.